The minimum atomic E-state index is -0.561. The monoisotopic (exact) mass is 269 g/mol. The number of nitrogens with zero attached hydrogens (tertiary/aromatic N) is 1. The lowest BCUT2D eigenvalue weighted by Gasteiger charge is -2.29. The molecule has 19 heavy (non-hydrogen) atoms. The Morgan fingerprint density at radius 3 is 2.37 bits per heavy atom. The van der Waals surface area contributed by atoms with Crippen molar-refractivity contribution in [3.63, 3.8) is 0 Å². The number of carbonyl (C=O) groups excluding carboxylic acids is 2. The molecule has 2 fully saturated rings. The molecule has 1 heterocycles. The van der Waals surface area contributed by atoms with E-state index in [2.05, 4.69) is 13.8 Å². The van der Waals surface area contributed by atoms with Crippen molar-refractivity contribution in [2.45, 2.75) is 58.7 Å². The molecule has 2 rings (SSSR count). The van der Waals surface area contributed by atoms with E-state index in [1.165, 1.54) is 7.11 Å². The van der Waals surface area contributed by atoms with Gasteiger partial charge in [0.2, 0.25) is 0 Å². The average molecular weight is 269 g/mol. The zero-order valence-corrected chi connectivity index (χ0v) is 12.5. The first-order chi connectivity index (χ1) is 8.62. The predicted octanol–water partition coefficient (Wildman–Crippen LogP) is 2.19. The molecule has 0 N–H and O–H groups in total. The minimum absolute atomic E-state index is 0.0236. The van der Waals surface area contributed by atoms with Gasteiger partial charge in [-0.05, 0) is 38.5 Å². The number of carbonyl (C=O) groups is 2. The van der Waals surface area contributed by atoms with Crippen LogP contribution in [0.1, 0.15) is 41.0 Å². The van der Waals surface area contributed by atoms with Crippen LogP contribution in [-0.4, -0.2) is 41.8 Å². The summed E-state index contributed by atoms with van der Waals surface area (Å²) in [6.07, 6.45) is 0.242. The first kappa shape index (κ1) is 14.2. The Hall–Kier alpha value is -1.26. The van der Waals surface area contributed by atoms with E-state index in [0.717, 1.165) is 0 Å². The maximum absolute atomic E-state index is 12.3. The van der Waals surface area contributed by atoms with Gasteiger partial charge in [-0.15, -0.1) is 0 Å². The van der Waals surface area contributed by atoms with E-state index in [1.54, 1.807) is 4.90 Å². The Kier molecular flexibility index (Phi) is 3.07. The van der Waals surface area contributed by atoms with E-state index < -0.39 is 17.7 Å². The number of likely N-dealkylation sites (tertiary alicyclic amines) is 1. The van der Waals surface area contributed by atoms with Gasteiger partial charge in [0.05, 0.1) is 7.11 Å². The Morgan fingerprint density at radius 1 is 1.32 bits per heavy atom. The Morgan fingerprint density at radius 2 is 1.89 bits per heavy atom. The van der Waals surface area contributed by atoms with E-state index in [4.69, 9.17) is 9.47 Å². The number of piperidine rings is 1. The molecule has 0 aromatic heterocycles. The summed E-state index contributed by atoms with van der Waals surface area (Å²) in [6.45, 7) is 9.69. The molecule has 0 bridgehead atoms. The topological polar surface area (TPSA) is 55.8 Å². The zero-order valence-electron chi connectivity index (χ0n) is 12.5. The summed E-state index contributed by atoms with van der Waals surface area (Å²) in [5.41, 5.74) is -0.537. The van der Waals surface area contributed by atoms with Crippen LogP contribution in [0.4, 0.5) is 4.79 Å². The number of methoxy groups -OCH3 is 1. The highest BCUT2D eigenvalue weighted by Crippen LogP contribution is 2.64. The molecular weight excluding hydrogens is 246 g/mol. The SMILES string of the molecule is COC(=O)C1C[C@]2(C)[C@H](C)[C@@H]2N1C(=O)OC(C)(C)C. The maximum atomic E-state index is 12.3. The number of fused-ring (bicyclic) bond motifs is 1. The van der Waals surface area contributed by atoms with E-state index in [-0.39, 0.29) is 17.4 Å². The molecule has 0 radical (unpaired) electrons. The first-order valence-electron chi connectivity index (χ1n) is 6.71. The van der Waals surface area contributed by atoms with Crippen LogP contribution in [0, 0.1) is 11.3 Å². The average Bonchev–Trinajstić information content (AvgIpc) is 2.68. The summed E-state index contributed by atoms with van der Waals surface area (Å²) in [6, 6.07) is -0.419. The lowest BCUT2D eigenvalue weighted by Crippen LogP contribution is -2.46. The van der Waals surface area contributed by atoms with Gasteiger partial charge in [-0.25, -0.2) is 9.59 Å². The van der Waals surface area contributed by atoms with E-state index in [9.17, 15) is 9.59 Å². The fraction of sp³-hybridized carbons (Fsp3) is 0.857. The molecule has 5 nitrogen and oxygen atoms in total. The number of ether oxygens (including phenoxy) is 2. The van der Waals surface area contributed by atoms with Crippen LogP contribution in [0.25, 0.3) is 0 Å². The second-order valence-corrected chi connectivity index (χ2v) is 6.87. The second kappa shape index (κ2) is 4.12. The summed E-state index contributed by atoms with van der Waals surface area (Å²) in [5.74, 6) is 0.0485. The van der Waals surface area contributed by atoms with Crippen molar-refractivity contribution in [2.24, 2.45) is 11.3 Å². The standard InChI is InChI=1S/C14H23NO4/c1-8-10-14(8,5)7-9(11(16)18-6)15(10)12(17)19-13(2,3)4/h8-10H,7H2,1-6H3/t8-,9?,10+,14-/m1/s1. The number of hydrogen-bond acceptors (Lipinski definition) is 4. The van der Waals surface area contributed by atoms with Crippen molar-refractivity contribution in [1.82, 2.24) is 4.90 Å². The summed E-state index contributed by atoms with van der Waals surface area (Å²) in [4.78, 5) is 25.7. The molecule has 2 aliphatic rings. The predicted molar refractivity (Wildman–Crippen MR) is 69.6 cm³/mol. The quantitative estimate of drug-likeness (QED) is 0.685. The van der Waals surface area contributed by atoms with Gasteiger partial charge < -0.3 is 9.47 Å². The fourth-order valence-corrected chi connectivity index (χ4v) is 3.23. The lowest BCUT2D eigenvalue weighted by molar-refractivity contribution is -0.146. The molecule has 1 amide bonds. The first-order valence-corrected chi connectivity index (χ1v) is 6.71. The molecule has 1 unspecified atom stereocenters. The van der Waals surface area contributed by atoms with Gasteiger partial charge in [-0.1, -0.05) is 13.8 Å². The van der Waals surface area contributed by atoms with Gasteiger partial charge in [0.1, 0.15) is 11.6 Å². The molecule has 108 valence electrons. The molecule has 0 aromatic rings. The van der Waals surface area contributed by atoms with Gasteiger partial charge >= 0.3 is 12.1 Å². The smallest absolute Gasteiger partial charge is 0.411 e. The Bertz CT molecular complexity index is 414. The maximum Gasteiger partial charge on any atom is 0.411 e. The number of esters is 1. The summed E-state index contributed by atoms with van der Waals surface area (Å²) in [5, 5.41) is 0. The van der Waals surface area contributed by atoms with Crippen LogP contribution < -0.4 is 0 Å². The minimum Gasteiger partial charge on any atom is -0.467 e. The van der Waals surface area contributed by atoms with Gasteiger partial charge in [0.15, 0.2) is 0 Å². The molecule has 0 aromatic carbocycles. The highest BCUT2D eigenvalue weighted by atomic mass is 16.6. The van der Waals surface area contributed by atoms with Crippen LogP contribution in [-0.2, 0) is 14.3 Å². The number of amides is 1. The molecule has 4 atom stereocenters. The normalized spacial score (nSPS) is 36.7. The van der Waals surface area contributed by atoms with Crippen molar-refractivity contribution in [3.8, 4) is 0 Å². The van der Waals surface area contributed by atoms with Gasteiger partial charge in [-0.3, -0.25) is 4.90 Å². The van der Waals surface area contributed by atoms with Crippen molar-refractivity contribution in [1.29, 1.82) is 0 Å². The molecule has 0 spiro atoms. The highest BCUT2D eigenvalue weighted by molar-refractivity contribution is 5.83. The third-order valence-electron chi connectivity index (χ3n) is 4.43. The van der Waals surface area contributed by atoms with Crippen LogP contribution in [0.15, 0.2) is 0 Å². The van der Waals surface area contributed by atoms with Crippen molar-refractivity contribution >= 4 is 12.1 Å². The molecular formula is C14H23NO4. The Balaban J connectivity index is 2.19. The fourth-order valence-electron chi connectivity index (χ4n) is 3.23. The van der Waals surface area contributed by atoms with Crippen LogP contribution in [0.5, 0.6) is 0 Å². The molecule has 1 saturated carbocycles. The third-order valence-corrected chi connectivity index (χ3v) is 4.43. The number of hydrogen-bond donors (Lipinski definition) is 0. The summed E-state index contributed by atoms with van der Waals surface area (Å²) < 4.78 is 10.2. The molecule has 5 heteroatoms. The molecule has 1 aliphatic heterocycles. The lowest BCUT2D eigenvalue weighted by atomic mass is 9.99. The number of rotatable bonds is 1. The van der Waals surface area contributed by atoms with Gasteiger partial charge in [0, 0.05) is 6.04 Å². The van der Waals surface area contributed by atoms with Crippen LogP contribution in [0.2, 0.25) is 0 Å². The second-order valence-electron chi connectivity index (χ2n) is 6.87. The summed E-state index contributed by atoms with van der Waals surface area (Å²) >= 11 is 0. The molecule has 1 aliphatic carbocycles. The highest BCUT2D eigenvalue weighted by Gasteiger charge is 2.71. The van der Waals surface area contributed by atoms with Crippen molar-refractivity contribution in [2.75, 3.05) is 7.11 Å². The van der Waals surface area contributed by atoms with Crippen molar-refractivity contribution < 1.29 is 19.1 Å². The summed E-state index contributed by atoms with van der Waals surface area (Å²) in [7, 11) is 1.35. The van der Waals surface area contributed by atoms with Gasteiger partial charge in [-0.2, -0.15) is 0 Å². The van der Waals surface area contributed by atoms with Crippen LogP contribution >= 0.6 is 0 Å². The largest absolute Gasteiger partial charge is 0.467 e. The van der Waals surface area contributed by atoms with E-state index in [1.807, 2.05) is 20.8 Å². The third kappa shape index (κ3) is 2.19. The van der Waals surface area contributed by atoms with Gasteiger partial charge in [0.25, 0.3) is 0 Å². The molecule has 1 saturated heterocycles. The van der Waals surface area contributed by atoms with E-state index >= 15 is 0 Å². The van der Waals surface area contributed by atoms with Crippen LogP contribution in [0.3, 0.4) is 0 Å². The Labute approximate surface area is 114 Å². The zero-order chi connectivity index (χ0) is 14.6. The van der Waals surface area contributed by atoms with E-state index in [0.29, 0.717) is 12.3 Å². The van der Waals surface area contributed by atoms with Crippen molar-refractivity contribution in [3.05, 3.63) is 0 Å².